The molecule has 0 radical (unpaired) electrons. The molecule has 0 aliphatic carbocycles. The van der Waals surface area contributed by atoms with Gasteiger partial charge in [0.15, 0.2) is 15.8 Å². The van der Waals surface area contributed by atoms with Crippen molar-refractivity contribution >= 4 is 39.8 Å². The van der Waals surface area contributed by atoms with Crippen LogP contribution in [0.15, 0.2) is 64.5 Å². The number of aliphatic imine (C=N–C) groups is 1. The van der Waals surface area contributed by atoms with Crippen molar-refractivity contribution in [1.29, 1.82) is 0 Å². The van der Waals surface area contributed by atoms with E-state index in [0.29, 0.717) is 17.4 Å². The summed E-state index contributed by atoms with van der Waals surface area (Å²) in [5.74, 6) is 1.44. The van der Waals surface area contributed by atoms with E-state index in [4.69, 9.17) is 4.74 Å². The Morgan fingerprint density at radius 1 is 1.09 bits per heavy atom. The highest BCUT2D eigenvalue weighted by molar-refractivity contribution is 14.0. The molecular weight excluding hydrogens is 539 g/mol. The molecule has 9 heteroatoms. The highest BCUT2D eigenvalue weighted by atomic mass is 127. The molecule has 0 saturated carbocycles. The second-order valence-electron chi connectivity index (χ2n) is 7.55. The van der Waals surface area contributed by atoms with Crippen molar-refractivity contribution in [3.8, 4) is 5.75 Å². The third-order valence-corrected chi connectivity index (χ3v) is 7.24. The summed E-state index contributed by atoms with van der Waals surface area (Å²) in [5.41, 5.74) is 1.19. The third kappa shape index (κ3) is 7.35. The predicted octanol–water partition coefficient (Wildman–Crippen LogP) is 3.09. The number of rotatable bonds is 9. The van der Waals surface area contributed by atoms with Crippen LogP contribution < -0.4 is 15.4 Å². The lowest BCUT2D eigenvalue weighted by atomic mass is 10.1. The quantitative estimate of drug-likeness (QED) is 0.273. The molecule has 0 aromatic heterocycles. The normalized spacial score (nSPS) is 15.6. The molecule has 2 aromatic carbocycles. The Bertz CT molecular complexity index is 964. The molecule has 1 unspecified atom stereocenters. The fourth-order valence-electron chi connectivity index (χ4n) is 3.82. The molecule has 1 saturated heterocycles. The van der Waals surface area contributed by atoms with Crippen LogP contribution in [0, 0.1) is 0 Å². The van der Waals surface area contributed by atoms with Gasteiger partial charge in [0.2, 0.25) is 0 Å². The number of methoxy groups -OCH3 is 1. The van der Waals surface area contributed by atoms with Crippen LogP contribution in [0.25, 0.3) is 0 Å². The van der Waals surface area contributed by atoms with Crippen LogP contribution in [0.4, 0.5) is 0 Å². The van der Waals surface area contributed by atoms with Crippen LogP contribution in [0.3, 0.4) is 0 Å². The largest absolute Gasteiger partial charge is 0.497 e. The maximum Gasteiger partial charge on any atom is 0.191 e. The molecule has 1 atom stereocenters. The first-order valence-corrected chi connectivity index (χ1v) is 12.3. The van der Waals surface area contributed by atoms with Crippen LogP contribution in [0.5, 0.6) is 5.75 Å². The molecule has 0 amide bonds. The molecule has 176 valence electrons. The summed E-state index contributed by atoms with van der Waals surface area (Å²) in [6, 6.07) is 16.9. The van der Waals surface area contributed by atoms with Crippen LogP contribution in [0.1, 0.15) is 24.4 Å². The van der Waals surface area contributed by atoms with Gasteiger partial charge in [-0.2, -0.15) is 0 Å². The number of hydrogen-bond donors (Lipinski definition) is 2. The van der Waals surface area contributed by atoms with Crippen molar-refractivity contribution in [3.63, 3.8) is 0 Å². The number of nitrogens with zero attached hydrogens (tertiary/aromatic N) is 2. The van der Waals surface area contributed by atoms with Gasteiger partial charge in [0.1, 0.15) is 5.75 Å². The second-order valence-corrected chi connectivity index (χ2v) is 9.66. The summed E-state index contributed by atoms with van der Waals surface area (Å²) in [4.78, 5) is 7.07. The minimum atomic E-state index is -3.33. The van der Waals surface area contributed by atoms with Gasteiger partial charge in [0, 0.05) is 20.1 Å². The fourth-order valence-corrected chi connectivity index (χ4v) is 5.00. The SMILES string of the molecule is CN=C(NCCS(=O)(=O)c1ccccc1)NCC(c1cccc(OC)c1)N1CCCC1.I. The summed E-state index contributed by atoms with van der Waals surface area (Å²) >= 11 is 0. The van der Waals surface area contributed by atoms with Crippen molar-refractivity contribution in [2.75, 3.05) is 46.1 Å². The van der Waals surface area contributed by atoms with E-state index in [9.17, 15) is 8.42 Å². The number of hydrogen-bond acceptors (Lipinski definition) is 5. The van der Waals surface area contributed by atoms with Gasteiger partial charge in [-0.1, -0.05) is 30.3 Å². The Labute approximate surface area is 208 Å². The average Bonchev–Trinajstić information content (AvgIpc) is 3.33. The van der Waals surface area contributed by atoms with Crippen molar-refractivity contribution in [2.45, 2.75) is 23.8 Å². The Kier molecular flexibility index (Phi) is 10.7. The van der Waals surface area contributed by atoms with Crippen LogP contribution in [-0.4, -0.2) is 65.4 Å². The van der Waals surface area contributed by atoms with E-state index in [1.54, 1.807) is 38.4 Å². The van der Waals surface area contributed by atoms with Crippen molar-refractivity contribution in [1.82, 2.24) is 15.5 Å². The van der Waals surface area contributed by atoms with Gasteiger partial charge in [-0.25, -0.2) is 8.42 Å². The third-order valence-electron chi connectivity index (χ3n) is 5.51. The molecule has 1 heterocycles. The van der Waals surface area contributed by atoms with Crippen LogP contribution in [0.2, 0.25) is 0 Å². The average molecular weight is 573 g/mol. The molecule has 7 nitrogen and oxygen atoms in total. The van der Waals surface area contributed by atoms with Gasteiger partial charge in [0.05, 0.1) is 23.8 Å². The molecule has 32 heavy (non-hydrogen) atoms. The predicted molar refractivity (Wildman–Crippen MR) is 140 cm³/mol. The van der Waals surface area contributed by atoms with Gasteiger partial charge < -0.3 is 15.4 Å². The van der Waals surface area contributed by atoms with E-state index in [0.717, 1.165) is 18.8 Å². The summed E-state index contributed by atoms with van der Waals surface area (Å²) < 4.78 is 30.3. The maximum atomic E-state index is 12.5. The topological polar surface area (TPSA) is 83.0 Å². The lowest BCUT2D eigenvalue weighted by Crippen LogP contribution is -2.43. The number of halogens is 1. The zero-order chi connectivity index (χ0) is 22.1. The van der Waals surface area contributed by atoms with Gasteiger partial charge in [-0.05, 0) is 55.8 Å². The van der Waals surface area contributed by atoms with E-state index in [1.165, 1.54) is 18.4 Å². The van der Waals surface area contributed by atoms with Crippen LogP contribution >= 0.6 is 24.0 Å². The fraction of sp³-hybridized carbons (Fsp3) is 0.435. The molecule has 1 aliphatic rings. The van der Waals surface area contributed by atoms with Gasteiger partial charge in [-0.3, -0.25) is 9.89 Å². The smallest absolute Gasteiger partial charge is 0.191 e. The van der Waals surface area contributed by atoms with Gasteiger partial charge in [-0.15, -0.1) is 24.0 Å². The summed E-state index contributed by atoms with van der Waals surface area (Å²) in [6.45, 7) is 3.07. The highest BCUT2D eigenvalue weighted by Gasteiger charge is 2.24. The first-order chi connectivity index (χ1) is 15.0. The first-order valence-electron chi connectivity index (χ1n) is 10.6. The number of benzene rings is 2. The van der Waals surface area contributed by atoms with Gasteiger partial charge >= 0.3 is 0 Å². The zero-order valence-electron chi connectivity index (χ0n) is 18.7. The lowest BCUT2D eigenvalue weighted by molar-refractivity contribution is 0.245. The van der Waals surface area contributed by atoms with Crippen molar-refractivity contribution in [2.24, 2.45) is 4.99 Å². The molecule has 1 aliphatic heterocycles. The Balaban J connectivity index is 0.00000363. The molecule has 3 rings (SSSR count). The summed E-state index contributed by atoms with van der Waals surface area (Å²) in [7, 11) is 0.0434. The van der Waals surface area contributed by atoms with E-state index >= 15 is 0 Å². The molecule has 2 N–H and O–H groups in total. The molecule has 0 bridgehead atoms. The second kappa shape index (κ2) is 13.0. The van der Waals surface area contributed by atoms with Crippen molar-refractivity contribution < 1.29 is 13.2 Å². The monoisotopic (exact) mass is 572 g/mol. The zero-order valence-corrected chi connectivity index (χ0v) is 21.8. The number of guanidine groups is 1. The Morgan fingerprint density at radius 3 is 2.47 bits per heavy atom. The van der Waals surface area contributed by atoms with E-state index < -0.39 is 9.84 Å². The standard InChI is InChI=1S/C23H32N4O3S.HI/c1-24-23(25-13-16-31(28,29)21-11-4-3-5-12-21)26-18-22(27-14-6-7-15-27)19-9-8-10-20(17-19)30-2;/h3-5,8-12,17,22H,6-7,13-16,18H2,1-2H3,(H2,24,25,26);1H. The molecule has 2 aromatic rings. The molecule has 0 spiro atoms. The van der Waals surface area contributed by atoms with E-state index in [-0.39, 0.29) is 42.3 Å². The lowest BCUT2D eigenvalue weighted by Gasteiger charge is -2.29. The molecule has 1 fully saturated rings. The van der Waals surface area contributed by atoms with E-state index in [2.05, 4.69) is 32.7 Å². The Morgan fingerprint density at radius 2 is 1.81 bits per heavy atom. The number of nitrogens with one attached hydrogen (secondary N) is 2. The maximum absolute atomic E-state index is 12.5. The molecular formula is C23H33IN4O3S. The van der Waals surface area contributed by atoms with E-state index in [1.807, 2.05) is 18.2 Å². The minimum Gasteiger partial charge on any atom is -0.497 e. The highest BCUT2D eigenvalue weighted by Crippen LogP contribution is 2.27. The first kappa shape index (κ1) is 26.4. The number of ether oxygens (including phenoxy) is 1. The Hall–Kier alpha value is -1.85. The number of sulfone groups is 1. The van der Waals surface area contributed by atoms with Crippen molar-refractivity contribution in [3.05, 3.63) is 60.2 Å². The summed E-state index contributed by atoms with van der Waals surface area (Å²) in [6.07, 6.45) is 2.40. The minimum absolute atomic E-state index is 0. The summed E-state index contributed by atoms with van der Waals surface area (Å²) in [5, 5.41) is 6.50. The van der Waals surface area contributed by atoms with Gasteiger partial charge in [0.25, 0.3) is 0 Å². The number of likely N-dealkylation sites (tertiary alicyclic amines) is 1. The van der Waals surface area contributed by atoms with Crippen LogP contribution in [-0.2, 0) is 9.84 Å².